The largest absolute Gasteiger partial charge is 0.444 e. The van der Waals surface area contributed by atoms with Crippen LogP contribution in [0.2, 0.25) is 0 Å². The molecule has 2 saturated carbocycles. The van der Waals surface area contributed by atoms with Crippen molar-refractivity contribution in [2.45, 2.75) is 103 Å². The Hall–Kier alpha value is -4.02. The minimum atomic E-state index is -4.05. The molecule has 6 rings (SSSR count). The van der Waals surface area contributed by atoms with Crippen LogP contribution in [0.15, 0.2) is 35.4 Å². The summed E-state index contributed by atoms with van der Waals surface area (Å²) in [5, 5.41) is 6.30. The number of rotatable bonds is 9. The molecule has 3 heterocycles. The molecule has 2 aliphatic carbocycles. The van der Waals surface area contributed by atoms with Gasteiger partial charge in [-0.05, 0) is 114 Å². The number of likely N-dealkylation sites (tertiary alicyclic amines) is 1. The summed E-state index contributed by atoms with van der Waals surface area (Å²) in [5.41, 5.74) is 2.67. The Kier molecular flexibility index (Phi) is 12.3. The molecule has 2 aliphatic heterocycles. The van der Waals surface area contributed by atoms with Crippen LogP contribution in [-0.4, -0.2) is 104 Å². The number of morpholine rings is 1. The number of carbonyl (C=O) groups is 4. The summed E-state index contributed by atoms with van der Waals surface area (Å²) >= 11 is 0. The van der Waals surface area contributed by atoms with Crippen LogP contribution in [0.25, 0.3) is 10.9 Å². The number of halogens is 1. The van der Waals surface area contributed by atoms with Gasteiger partial charge in [0.25, 0.3) is 11.8 Å². The van der Waals surface area contributed by atoms with Crippen LogP contribution in [-0.2, 0) is 29.3 Å². The Bertz CT molecular complexity index is 1850. The van der Waals surface area contributed by atoms with Gasteiger partial charge in [-0.25, -0.2) is 13.9 Å². The van der Waals surface area contributed by atoms with Gasteiger partial charge in [-0.15, -0.1) is 0 Å². The maximum atomic E-state index is 14.2. The van der Waals surface area contributed by atoms with E-state index in [2.05, 4.69) is 20.3 Å². The summed E-state index contributed by atoms with van der Waals surface area (Å²) in [6, 6.07) is 5.18. The summed E-state index contributed by atoms with van der Waals surface area (Å²) < 4.78 is 53.4. The molecule has 2 saturated heterocycles. The number of aromatic nitrogens is 1. The zero-order valence-electron chi connectivity index (χ0n) is 31.4. The number of hydrogen-bond acceptors (Lipinski definition) is 8. The van der Waals surface area contributed by atoms with Crippen LogP contribution in [0, 0.1) is 11.8 Å². The molecule has 0 unspecified atom stereocenters. The van der Waals surface area contributed by atoms with Gasteiger partial charge in [0.2, 0.25) is 5.91 Å². The Labute approximate surface area is 316 Å². The van der Waals surface area contributed by atoms with Crippen molar-refractivity contribution in [2.24, 2.45) is 11.8 Å². The number of H-pyrrole nitrogens is 1. The second kappa shape index (κ2) is 16.8. The van der Waals surface area contributed by atoms with Gasteiger partial charge in [-0.3, -0.25) is 14.4 Å². The lowest BCUT2D eigenvalue weighted by molar-refractivity contribution is -0.140. The van der Waals surface area contributed by atoms with Crippen LogP contribution < -0.4 is 15.4 Å². The molecular weight excluding hydrogens is 720 g/mol. The third-order valence-electron chi connectivity index (χ3n) is 10.9. The zero-order chi connectivity index (χ0) is 38.6. The molecule has 0 radical (unpaired) electrons. The number of alkyl halides is 1. The molecular formula is C38H53FN6O8S. The number of hydrogen-bond donors (Lipinski definition) is 4. The van der Waals surface area contributed by atoms with E-state index in [-0.39, 0.29) is 55.6 Å². The van der Waals surface area contributed by atoms with Crippen molar-refractivity contribution < 1.29 is 41.5 Å². The number of amides is 4. The van der Waals surface area contributed by atoms with E-state index in [0.29, 0.717) is 55.2 Å². The number of aromatic amines is 1. The molecule has 4 aliphatic rings. The molecule has 2 aromatic rings. The van der Waals surface area contributed by atoms with E-state index in [1.807, 2.05) is 0 Å². The first-order valence-corrected chi connectivity index (χ1v) is 20.6. The van der Waals surface area contributed by atoms with Gasteiger partial charge in [-0.2, -0.15) is 12.7 Å². The number of ether oxygens (including phenoxy) is 2. The van der Waals surface area contributed by atoms with Crippen molar-refractivity contribution in [1.82, 2.24) is 24.2 Å². The zero-order valence-corrected chi connectivity index (χ0v) is 32.2. The minimum absolute atomic E-state index is 0.0513. The van der Waals surface area contributed by atoms with Gasteiger partial charge < -0.3 is 30.0 Å². The molecule has 0 spiro atoms. The van der Waals surface area contributed by atoms with E-state index < -0.39 is 46.6 Å². The monoisotopic (exact) mass is 772 g/mol. The van der Waals surface area contributed by atoms with Crippen LogP contribution in [0.1, 0.15) is 95.5 Å². The van der Waals surface area contributed by atoms with Crippen molar-refractivity contribution in [2.75, 3.05) is 44.8 Å². The average molecular weight is 773 g/mol. The van der Waals surface area contributed by atoms with Crippen molar-refractivity contribution >= 4 is 50.6 Å². The Morgan fingerprint density at radius 1 is 0.981 bits per heavy atom. The summed E-state index contributed by atoms with van der Waals surface area (Å²) in [5.74, 6) is -1.65. The highest BCUT2D eigenvalue weighted by molar-refractivity contribution is 7.87. The quantitative estimate of drug-likeness (QED) is 0.259. The predicted octanol–water partition coefficient (Wildman–Crippen LogP) is 4.94. The number of carbonyl (C=O) groups excluding carboxylic acids is 4. The van der Waals surface area contributed by atoms with Gasteiger partial charge in [0.1, 0.15) is 24.0 Å². The molecule has 54 heavy (non-hydrogen) atoms. The topological polar surface area (TPSA) is 179 Å². The first-order valence-electron chi connectivity index (χ1n) is 19.1. The maximum absolute atomic E-state index is 14.2. The van der Waals surface area contributed by atoms with Crippen molar-refractivity contribution in [1.29, 1.82) is 0 Å². The Balaban J connectivity index is 1.14. The number of benzene rings is 1. The van der Waals surface area contributed by atoms with Crippen LogP contribution in [0.4, 0.5) is 14.9 Å². The van der Waals surface area contributed by atoms with Crippen LogP contribution in [0.3, 0.4) is 0 Å². The SMILES string of the molecule is CC(C)(C)OC(=O)N[C@H](CF)C1CCC(C(=O)N2CCC(=C3CCCCC3)[C@H]2C(=O)Nc2ccc3[nH]c(C(=O)NS(=O)(=O)N4CCOCC4)cc3c2)CC1. The van der Waals surface area contributed by atoms with Crippen molar-refractivity contribution in [3.05, 3.63) is 41.1 Å². The molecule has 1 aromatic carbocycles. The van der Waals surface area contributed by atoms with Gasteiger partial charge >= 0.3 is 16.3 Å². The van der Waals surface area contributed by atoms with E-state index in [1.165, 1.54) is 11.6 Å². The predicted molar refractivity (Wildman–Crippen MR) is 201 cm³/mol. The normalized spacial score (nSPS) is 23.6. The molecule has 16 heteroatoms. The van der Waals surface area contributed by atoms with E-state index in [9.17, 15) is 32.0 Å². The smallest absolute Gasteiger partial charge is 0.407 e. The minimum Gasteiger partial charge on any atom is -0.444 e. The number of fused-ring (bicyclic) bond motifs is 1. The fourth-order valence-electron chi connectivity index (χ4n) is 8.21. The second-order valence-electron chi connectivity index (χ2n) is 15.8. The first kappa shape index (κ1) is 39.7. The van der Waals surface area contributed by atoms with Crippen LogP contribution >= 0.6 is 0 Å². The lowest BCUT2D eigenvalue weighted by Gasteiger charge is -2.35. The highest BCUT2D eigenvalue weighted by Gasteiger charge is 2.43. The fraction of sp³-hybridized carbons (Fsp3) is 0.632. The Morgan fingerprint density at radius 2 is 1.69 bits per heavy atom. The number of alkyl carbamates (subject to hydrolysis) is 1. The summed E-state index contributed by atoms with van der Waals surface area (Å²) in [7, 11) is -4.05. The molecule has 14 nitrogen and oxygen atoms in total. The third-order valence-corrected chi connectivity index (χ3v) is 12.4. The first-order chi connectivity index (χ1) is 25.7. The lowest BCUT2D eigenvalue weighted by Crippen LogP contribution is -2.48. The second-order valence-corrected chi connectivity index (χ2v) is 17.5. The molecule has 296 valence electrons. The van der Waals surface area contributed by atoms with Gasteiger partial charge in [0, 0.05) is 42.1 Å². The summed E-state index contributed by atoms with van der Waals surface area (Å²) in [6.07, 6.45) is 7.20. The van der Waals surface area contributed by atoms with Crippen molar-refractivity contribution in [3.8, 4) is 0 Å². The Morgan fingerprint density at radius 3 is 2.35 bits per heavy atom. The molecule has 0 bridgehead atoms. The standard InChI is InChI=1S/C38H53FN6O8S/c1-38(2,3)53-37(49)42-32(23-39)25-9-11-26(12-10-25)36(48)45-16-15-29(24-7-5-4-6-8-24)33(45)35(47)40-28-13-14-30-27(21-28)22-31(41-30)34(46)43-54(50,51)44-17-19-52-20-18-44/h13-14,21-22,25-26,32-33,41H,4-12,15-20,23H2,1-3H3,(H,40,47)(H,42,49)(H,43,46)/t25?,26?,32-,33+/m1/s1. The number of nitrogens with zero attached hydrogens (tertiary/aromatic N) is 2. The third kappa shape index (κ3) is 9.43. The highest BCUT2D eigenvalue weighted by atomic mass is 32.2. The number of nitrogens with one attached hydrogen (secondary N) is 4. The molecule has 4 amide bonds. The van der Waals surface area contributed by atoms with Gasteiger partial charge in [0.15, 0.2) is 0 Å². The van der Waals surface area contributed by atoms with Crippen LogP contribution in [0.5, 0.6) is 0 Å². The number of anilines is 1. The molecule has 2 atom stereocenters. The van der Waals surface area contributed by atoms with E-state index in [4.69, 9.17) is 9.47 Å². The maximum Gasteiger partial charge on any atom is 0.407 e. The molecule has 4 N–H and O–H groups in total. The van der Waals surface area contributed by atoms with E-state index >= 15 is 0 Å². The van der Waals surface area contributed by atoms with E-state index in [0.717, 1.165) is 42.0 Å². The molecule has 4 fully saturated rings. The average Bonchev–Trinajstić information content (AvgIpc) is 3.79. The fourth-order valence-corrected chi connectivity index (χ4v) is 9.32. The summed E-state index contributed by atoms with van der Waals surface area (Å²) in [4.78, 5) is 58.4. The number of allylic oxidation sites excluding steroid dienone is 1. The summed E-state index contributed by atoms with van der Waals surface area (Å²) in [6.45, 7) is 5.76. The molecule has 1 aromatic heterocycles. The van der Waals surface area contributed by atoms with Gasteiger partial charge in [0.05, 0.1) is 19.3 Å². The van der Waals surface area contributed by atoms with Crippen molar-refractivity contribution in [3.63, 3.8) is 0 Å². The van der Waals surface area contributed by atoms with E-state index in [1.54, 1.807) is 43.9 Å². The van der Waals surface area contributed by atoms with Gasteiger partial charge in [-0.1, -0.05) is 12.0 Å². The highest BCUT2D eigenvalue weighted by Crippen LogP contribution is 2.38. The lowest BCUT2D eigenvalue weighted by atomic mass is 9.78.